The van der Waals surface area contributed by atoms with Gasteiger partial charge in [0.25, 0.3) is 0 Å². The minimum absolute atomic E-state index is 0. The lowest BCUT2D eigenvalue weighted by molar-refractivity contribution is -0.136. The first kappa shape index (κ1) is 19.1. The number of aryl methyl sites for hydroxylation is 1. The summed E-state index contributed by atoms with van der Waals surface area (Å²) in [6, 6.07) is 0.217. The summed E-state index contributed by atoms with van der Waals surface area (Å²) in [6.45, 7) is 3.46. The molecule has 1 amide bonds. The van der Waals surface area contributed by atoms with Gasteiger partial charge in [-0.05, 0) is 45.4 Å². The van der Waals surface area contributed by atoms with Crippen molar-refractivity contribution in [1.82, 2.24) is 15.5 Å². The van der Waals surface area contributed by atoms with E-state index < -0.39 is 5.41 Å². The Bertz CT molecular complexity index is 537. The molecule has 1 aliphatic heterocycles. The van der Waals surface area contributed by atoms with Crippen molar-refractivity contribution >= 4 is 18.3 Å². The highest BCUT2D eigenvalue weighted by Gasteiger charge is 2.40. The zero-order chi connectivity index (χ0) is 16.3. The number of hydrogen-bond acceptors (Lipinski definition) is 6. The second kappa shape index (κ2) is 8.27. The van der Waals surface area contributed by atoms with Crippen molar-refractivity contribution in [2.24, 2.45) is 11.1 Å². The van der Waals surface area contributed by atoms with Crippen molar-refractivity contribution in [1.29, 1.82) is 0 Å². The number of nitrogens with one attached hydrogen (secondary N) is 1. The molecule has 2 aliphatic rings. The standard InChI is InChI=1S/C16H26N4O3.ClH/c1-11-18-14(23-20-11)12-2-4-13(5-3-12)19-15(21)16(10-17)6-8-22-9-7-16;/h12-13H,2-10,17H2,1H3,(H,19,21);1H. The van der Waals surface area contributed by atoms with E-state index in [-0.39, 0.29) is 24.4 Å². The second-order valence-corrected chi connectivity index (χ2v) is 6.80. The van der Waals surface area contributed by atoms with Gasteiger partial charge in [-0.15, -0.1) is 12.4 Å². The van der Waals surface area contributed by atoms with E-state index in [0.29, 0.717) is 44.3 Å². The third-order valence-corrected chi connectivity index (χ3v) is 5.28. The number of ether oxygens (including phenoxy) is 1. The van der Waals surface area contributed by atoms with Gasteiger partial charge in [0.15, 0.2) is 5.82 Å². The fourth-order valence-corrected chi connectivity index (χ4v) is 3.59. The normalized spacial score (nSPS) is 26.4. The summed E-state index contributed by atoms with van der Waals surface area (Å²) in [7, 11) is 0. The van der Waals surface area contributed by atoms with E-state index in [9.17, 15) is 4.79 Å². The number of carbonyl (C=O) groups is 1. The molecule has 0 atom stereocenters. The van der Waals surface area contributed by atoms with Gasteiger partial charge in [0.1, 0.15) is 0 Å². The highest BCUT2D eigenvalue weighted by atomic mass is 35.5. The van der Waals surface area contributed by atoms with Crippen molar-refractivity contribution in [3.05, 3.63) is 11.7 Å². The van der Waals surface area contributed by atoms with E-state index in [2.05, 4.69) is 15.5 Å². The van der Waals surface area contributed by atoms with Crippen LogP contribution in [-0.4, -0.2) is 41.8 Å². The molecule has 0 bridgehead atoms. The second-order valence-electron chi connectivity index (χ2n) is 6.80. The Labute approximate surface area is 148 Å². The maximum atomic E-state index is 12.7. The van der Waals surface area contributed by atoms with Crippen molar-refractivity contribution in [2.45, 2.75) is 57.4 Å². The lowest BCUT2D eigenvalue weighted by atomic mass is 9.78. The van der Waals surface area contributed by atoms with Crippen LogP contribution in [0.25, 0.3) is 0 Å². The van der Waals surface area contributed by atoms with Gasteiger partial charge in [-0.3, -0.25) is 4.79 Å². The molecule has 1 saturated carbocycles. The molecule has 2 heterocycles. The van der Waals surface area contributed by atoms with Crippen LogP contribution in [0.1, 0.15) is 56.2 Å². The van der Waals surface area contributed by atoms with E-state index in [1.165, 1.54) is 0 Å². The topological polar surface area (TPSA) is 103 Å². The summed E-state index contributed by atoms with van der Waals surface area (Å²) in [5.74, 6) is 1.83. The molecule has 3 N–H and O–H groups in total. The summed E-state index contributed by atoms with van der Waals surface area (Å²) in [5.41, 5.74) is 5.45. The molecular formula is C16H27ClN4O3. The fraction of sp³-hybridized carbons (Fsp3) is 0.812. The van der Waals surface area contributed by atoms with Crippen LogP contribution in [0.5, 0.6) is 0 Å². The number of nitrogens with zero attached hydrogens (tertiary/aromatic N) is 2. The number of carbonyl (C=O) groups excluding carboxylic acids is 1. The summed E-state index contributed by atoms with van der Waals surface area (Å²) in [6.07, 6.45) is 5.23. The van der Waals surface area contributed by atoms with E-state index in [0.717, 1.165) is 31.6 Å². The molecule has 1 aromatic heterocycles. The van der Waals surface area contributed by atoms with E-state index >= 15 is 0 Å². The number of amides is 1. The molecular weight excluding hydrogens is 332 g/mol. The van der Waals surface area contributed by atoms with Gasteiger partial charge in [0, 0.05) is 31.7 Å². The van der Waals surface area contributed by atoms with E-state index in [1.54, 1.807) is 0 Å². The Balaban J connectivity index is 0.00000208. The molecule has 8 heteroatoms. The maximum Gasteiger partial charge on any atom is 0.229 e. The molecule has 0 aromatic carbocycles. The Hall–Kier alpha value is -1.18. The molecule has 3 rings (SSSR count). The predicted molar refractivity (Wildman–Crippen MR) is 91.0 cm³/mol. The van der Waals surface area contributed by atoms with Crippen molar-refractivity contribution in [3.8, 4) is 0 Å². The molecule has 1 aliphatic carbocycles. The zero-order valence-electron chi connectivity index (χ0n) is 14.1. The lowest BCUT2D eigenvalue weighted by Gasteiger charge is -2.37. The molecule has 1 aromatic rings. The molecule has 7 nitrogen and oxygen atoms in total. The number of halogens is 1. The van der Waals surface area contributed by atoms with E-state index in [1.807, 2.05) is 6.92 Å². The average molecular weight is 359 g/mol. The quantitative estimate of drug-likeness (QED) is 0.849. The Morgan fingerprint density at radius 1 is 1.29 bits per heavy atom. The molecule has 136 valence electrons. The van der Waals surface area contributed by atoms with Crippen LogP contribution in [0.15, 0.2) is 4.52 Å². The Kier molecular flexibility index (Phi) is 6.60. The van der Waals surface area contributed by atoms with Gasteiger partial charge in [-0.25, -0.2) is 0 Å². The summed E-state index contributed by atoms with van der Waals surface area (Å²) >= 11 is 0. The van der Waals surface area contributed by atoms with Gasteiger partial charge in [0.2, 0.25) is 11.8 Å². The first-order valence-corrected chi connectivity index (χ1v) is 8.52. The van der Waals surface area contributed by atoms with Gasteiger partial charge in [-0.1, -0.05) is 5.16 Å². The van der Waals surface area contributed by atoms with Crippen molar-refractivity contribution in [3.63, 3.8) is 0 Å². The largest absolute Gasteiger partial charge is 0.381 e. The Morgan fingerprint density at radius 3 is 2.50 bits per heavy atom. The fourth-order valence-electron chi connectivity index (χ4n) is 3.59. The van der Waals surface area contributed by atoms with E-state index in [4.69, 9.17) is 15.0 Å². The SMILES string of the molecule is Cc1noc(C2CCC(NC(=O)C3(CN)CCOCC3)CC2)n1.Cl. The van der Waals surface area contributed by atoms with Gasteiger partial charge in [0.05, 0.1) is 5.41 Å². The monoisotopic (exact) mass is 358 g/mol. The van der Waals surface area contributed by atoms with Gasteiger partial charge >= 0.3 is 0 Å². The van der Waals surface area contributed by atoms with Crippen LogP contribution >= 0.6 is 12.4 Å². The van der Waals surface area contributed by atoms with Crippen molar-refractivity contribution < 1.29 is 14.1 Å². The molecule has 0 radical (unpaired) electrons. The van der Waals surface area contributed by atoms with Crippen LogP contribution in [0.3, 0.4) is 0 Å². The molecule has 1 saturated heterocycles. The van der Waals surface area contributed by atoms with Crippen LogP contribution < -0.4 is 11.1 Å². The van der Waals surface area contributed by atoms with Crippen LogP contribution in [0.2, 0.25) is 0 Å². The molecule has 0 spiro atoms. The highest BCUT2D eigenvalue weighted by molar-refractivity contribution is 5.85. The first-order valence-electron chi connectivity index (χ1n) is 8.52. The maximum absolute atomic E-state index is 12.7. The summed E-state index contributed by atoms with van der Waals surface area (Å²) in [5, 5.41) is 7.08. The smallest absolute Gasteiger partial charge is 0.229 e. The summed E-state index contributed by atoms with van der Waals surface area (Å²) in [4.78, 5) is 17.0. The minimum Gasteiger partial charge on any atom is -0.381 e. The third-order valence-electron chi connectivity index (χ3n) is 5.28. The predicted octanol–water partition coefficient (Wildman–Crippen LogP) is 1.70. The van der Waals surface area contributed by atoms with Gasteiger partial charge in [-0.2, -0.15) is 4.98 Å². The Morgan fingerprint density at radius 2 is 1.96 bits per heavy atom. The number of nitrogens with two attached hydrogens (primary N) is 1. The summed E-state index contributed by atoms with van der Waals surface area (Å²) < 4.78 is 10.6. The van der Waals surface area contributed by atoms with Crippen LogP contribution in [0, 0.1) is 12.3 Å². The minimum atomic E-state index is -0.446. The molecule has 24 heavy (non-hydrogen) atoms. The number of aromatic nitrogens is 2. The molecule has 2 fully saturated rings. The van der Waals surface area contributed by atoms with Crippen molar-refractivity contribution in [2.75, 3.05) is 19.8 Å². The van der Waals surface area contributed by atoms with Crippen LogP contribution in [-0.2, 0) is 9.53 Å². The zero-order valence-corrected chi connectivity index (χ0v) is 14.9. The average Bonchev–Trinajstić information content (AvgIpc) is 3.02. The first-order chi connectivity index (χ1) is 11.1. The number of rotatable bonds is 4. The molecule has 0 unspecified atom stereocenters. The third kappa shape index (κ3) is 4.07. The van der Waals surface area contributed by atoms with Gasteiger partial charge < -0.3 is 20.3 Å². The highest BCUT2D eigenvalue weighted by Crippen LogP contribution is 2.34. The van der Waals surface area contributed by atoms with Crippen LogP contribution in [0.4, 0.5) is 0 Å². The number of hydrogen-bond donors (Lipinski definition) is 2. The lowest BCUT2D eigenvalue weighted by Crippen LogP contribution is -2.52.